The highest BCUT2D eigenvalue weighted by Gasteiger charge is 2.14. The first-order valence-electron chi connectivity index (χ1n) is 2.72. The van der Waals surface area contributed by atoms with Gasteiger partial charge in [0.2, 0.25) is 0 Å². The van der Waals surface area contributed by atoms with E-state index in [0.717, 1.165) is 12.1 Å². The van der Waals surface area contributed by atoms with Crippen molar-refractivity contribution >= 4 is 17.3 Å². The maximum atomic E-state index is 10.7. The zero-order chi connectivity index (χ0) is 8.43. The van der Waals surface area contributed by atoms with Crippen molar-refractivity contribution in [3.05, 3.63) is 33.3 Å². The lowest BCUT2D eigenvalue weighted by Crippen LogP contribution is -1.86. The fourth-order valence-corrected chi connectivity index (χ4v) is 0.800. The van der Waals surface area contributed by atoms with Crippen LogP contribution in [0.25, 0.3) is 0 Å². The molecule has 1 radical (unpaired) electrons. The predicted octanol–water partition coefficient (Wildman–Crippen LogP) is 2.39. The summed E-state index contributed by atoms with van der Waals surface area (Å²) in [6.07, 6.45) is 0. The number of benzene rings is 1. The van der Waals surface area contributed by atoms with Crippen molar-refractivity contribution in [2.24, 2.45) is 0 Å². The summed E-state index contributed by atoms with van der Waals surface area (Å²) in [6.45, 7) is 0. The van der Waals surface area contributed by atoms with E-state index in [2.05, 4.69) is 0 Å². The minimum Gasteiger partial charge on any atom is -0.282 e. The molecule has 1 rings (SSSR count). The van der Waals surface area contributed by atoms with E-state index < -0.39 is 16.4 Å². The summed E-state index contributed by atoms with van der Waals surface area (Å²) in [5.74, 6) is -0.626. The van der Waals surface area contributed by atoms with Crippen LogP contribution in [0.2, 0.25) is 5.02 Å². The van der Waals surface area contributed by atoms with Gasteiger partial charge in [0.15, 0.2) is 0 Å². The average molecular weight is 173 g/mol. The quantitative estimate of drug-likeness (QED) is 0.482. The van der Waals surface area contributed by atoms with Crippen LogP contribution < -0.4 is 0 Å². The SMILES string of the molecule is [O]c1ccc(Cl)cc1[N+](=O)[O-]. The Morgan fingerprint density at radius 2 is 2.09 bits per heavy atom. The molecule has 0 N–H and O–H groups in total. The third-order valence-electron chi connectivity index (χ3n) is 1.12. The third-order valence-corrected chi connectivity index (χ3v) is 1.35. The largest absolute Gasteiger partial charge is 0.317 e. The van der Waals surface area contributed by atoms with Gasteiger partial charge >= 0.3 is 5.69 Å². The van der Waals surface area contributed by atoms with Crippen molar-refractivity contribution in [3.8, 4) is 5.75 Å². The van der Waals surface area contributed by atoms with Crippen LogP contribution in [0.1, 0.15) is 0 Å². The zero-order valence-electron chi connectivity index (χ0n) is 5.28. The molecule has 1 aromatic rings. The molecule has 0 spiro atoms. The third kappa shape index (κ3) is 1.59. The van der Waals surface area contributed by atoms with Crippen LogP contribution in [0.15, 0.2) is 18.2 Å². The first-order valence-corrected chi connectivity index (χ1v) is 3.10. The Morgan fingerprint density at radius 3 is 2.55 bits per heavy atom. The lowest BCUT2D eigenvalue weighted by atomic mass is 10.3. The monoisotopic (exact) mass is 172 g/mol. The second-order valence-electron chi connectivity index (χ2n) is 1.87. The minimum atomic E-state index is -0.756. The lowest BCUT2D eigenvalue weighted by molar-refractivity contribution is -0.386. The van der Waals surface area contributed by atoms with Crippen molar-refractivity contribution in [2.45, 2.75) is 0 Å². The molecule has 0 aliphatic rings. The first-order chi connectivity index (χ1) is 5.11. The predicted molar refractivity (Wildman–Crippen MR) is 38.2 cm³/mol. The number of halogens is 1. The molecule has 0 saturated heterocycles. The van der Waals surface area contributed by atoms with Crippen molar-refractivity contribution in [1.82, 2.24) is 0 Å². The minimum absolute atomic E-state index is 0.191. The summed E-state index contributed by atoms with van der Waals surface area (Å²) >= 11 is 5.42. The molecular formula is C6H3ClNO3. The Labute approximate surface area is 67.2 Å². The molecule has 5 heteroatoms. The molecule has 0 heterocycles. The number of hydrogen-bond acceptors (Lipinski definition) is 2. The van der Waals surface area contributed by atoms with E-state index in [4.69, 9.17) is 11.6 Å². The molecule has 4 nitrogen and oxygen atoms in total. The second kappa shape index (κ2) is 2.75. The molecular weight excluding hydrogens is 170 g/mol. The van der Waals surface area contributed by atoms with E-state index in [9.17, 15) is 15.2 Å². The van der Waals surface area contributed by atoms with Gasteiger partial charge in [-0.25, -0.2) is 0 Å². The highest BCUT2D eigenvalue weighted by molar-refractivity contribution is 6.30. The summed E-state index contributed by atoms with van der Waals surface area (Å²) in [7, 11) is 0. The molecule has 0 bridgehead atoms. The summed E-state index contributed by atoms with van der Waals surface area (Å²) in [6, 6.07) is 3.42. The summed E-state index contributed by atoms with van der Waals surface area (Å²) in [5, 5.41) is 21.0. The Kier molecular flexibility index (Phi) is 1.96. The van der Waals surface area contributed by atoms with Crippen LogP contribution in [-0.4, -0.2) is 4.92 Å². The molecule has 1 aromatic carbocycles. The van der Waals surface area contributed by atoms with Crippen molar-refractivity contribution in [1.29, 1.82) is 0 Å². The maximum absolute atomic E-state index is 10.7. The topological polar surface area (TPSA) is 63.0 Å². The zero-order valence-corrected chi connectivity index (χ0v) is 6.04. The van der Waals surface area contributed by atoms with Gasteiger partial charge in [0.25, 0.3) is 5.75 Å². The maximum Gasteiger partial charge on any atom is 0.317 e. The van der Waals surface area contributed by atoms with Crippen LogP contribution in [0.3, 0.4) is 0 Å². The molecule has 0 aliphatic carbocycles. The van der Waals surface area contributed by atoms with E-state index in [1.807, 2.05) is 0 Å². The molecule has 0 aromatic heterocycles. The molecule has 0 amide bonds. The van der Waals surface area contributed by atoms with Gasteiger partial charge in [0, 0.05) is 11.1 Å². The fraction of sp³-hybridized carbons (Fsp3) is 0. The van der Waals surface area contributed by atoms with Crippen LogP contribution in [-0.2, 0) is 5.11 Å². The first kappa shape index (κ1) is 7.81. The van der Waals surface area contributed by atoms with Gasteiger partial charge in [-0.2, -0.15) is 0 Å². The number of hydrogen-bond donors (Lipinski definition) is 0. The molecule has 11 heavy (non-hydrogen) atoms. The van der Waals surface area contributed by atoms with Gasteiger partial charge in [-0.05, 0) is 12.1 Å². The van der Waals surface area contributed by atoms with E-state index >= 15 is 0 Å². The highest BCUT2D eigenvalue weighted by Crippen LogP contribution is 2.28. The molecule has 0 unspecified atom stereocenters. The fourth-order valence-electron chi connectivity index (χ4n) is 0.633. The summed E-state index contributed by atoms with van der Waals surface area (Å²) in [5.41, 5.74) is -0.488. The number of nitro groups is 1. The highest BCUT2D eigenvalue weighted by atomic mass is 35.5. The van der Waals surface area contributed by atoms with E-state index in [1.165, 1.54) is 6.07 Å². The van der Waals surface area contributed by atoms with Gasteiger partial charge in [-0.3, -0.25) is 15.2 Å². The number of nitro benzene ring substituents is 1. The molecule has 0 aliphatic heterocycles. The summed E-state index contributed by atoms with van der Waals surface area (Å²) < 4.78 is 0. The van der Waals surface area contributed by atoms with Crippen molar-refractivity contribution < 1.29 is 10.0 Å². The van der Waals surface area contributed by atoms with Crippen LogP contribution >= 0.6 is 11.6 Å². The number of rotatable bonds is 1. The average Bonchev–Trinajstić information content (AvgIpc) is 1.94. The van der Waals surface area contributed by atoms with E-state index in [1.54, 1.807) is 0 Å². The van der Waals surface area contributed by atoms with Crippen LogP contribution in [0.5, 0.6) is 5.75 Å². The van der Waals surface area contributed by atoms with E-state index in [-0.39, 0.29) is 5.02 Å². The normalized spacial score (nSPS) is 9.55. The van der Waals surface area contributed by atoms with Crippen LogP contribution in [0, 0.1) is 10.1 Å². The second-order valence-corrected chi connectivity index (χ2v) is 2.31. The van der Waals surface area contributed by atoms with Gasteiger partial charge in [-0.1, -0.05) is 11.6 Å². The Bertz CT molecular complexity index is 300. The molecule has 0 saturated carbocycles. The lowest BCUT2D eigenvalue weighted by Gasteiger charge is -1.91. The smallest absolute Gasteiger partial charge is 0.282 e. The standard InChI is InChI=1S/C6H3ClNO3/c7-4-1-2-6(9)5(3-4)8(10)11/h1-3H. The molecule has 57 valence electrons. The molecule has 0 atom stereocenters. The van der Waals surface area contributed by atoms with Gasteiger partial charge in [-0.15, -0.1) is 0 Å². The van der Waals surface area contributed by atoms with Gasteiger partial charge < -0.3 is 0 Å². The number of nitrogens with zero attached hydrogens (tertiary/aromatic N) is 1. The molecule has 0 fully saturated rings. The Balaban J connectivity index is 3.23. The van der Waals surface area contributed by atoms with Crippen molar-refractivity contribution in [2.75, 3.05) is 0 Å². The Hall–Kier alpha value is -1.29. The summed E-state index contributed by atoms with van der Waals surface area (Å²) in [4.78, 5) is 9.37. The van der Waals surface area contributed by atoms with E-state index in [0.29, 0.717) is 0 Å². The Morgan fingerprint density at radius 1 is 1.45 bits per heavy atom. The van der Waals surface area contributed by atoms with Gasteiger partial charge in [0.1, 0.15) is 0 Å². The van der Waals surface area contributed by atoms with Crippen LogP contribution in [0.4, 0.5) is 5.69 Å². The van der Waals surface area contributed by atoms with Crippen molar-refractivity contribution in [3.63, 3.8) is 0 Å². The van der Waals surface area contributed by atoms with Gasteiger partial charge in [0.05, 0.1) is 4.92 Å².